The summed E-state index contributed by atoms with van der Waals surface area (Å²) in [6, 6.07) is 0. The molecule has 0 saturated carbocycles. The third-order valence-corrected chi connectivity index (χ3v) is 1.69. The first-order chi connectivity index (χ1) is 4.30. The molecule has 48 valence electrons. The molecular formula is C5H6N2S2. The van der Waals surface area contributed by atoms with Crippen molar-refractivity contribution in [2.24, 2.45) is 5.73 Å². The second-order valence-electron chi connectivity index (χ2n) is 1.49. The van der Waals surface area contributed by atoms with Crippen LogP contribution in [0.1, 0.15) is 0 Å². The van der Waals surface area contributed by atoms with Crippen LogP contribution in [0.15, 0.2) is 23.3 Å². The third kappa shape index (κ3) is 1.73. The Hall–Kier alpha value is -0.480. The van der Waals surface area contributed by atoms with Crippen LogP contribution in [0.25, 0.3) is 0 Å². The van der Waals surface area contributed by atoms with Gasteiger partial charge >= 0.3 is 0 Å². The molecule has 0 aromatic heterocycles. The van der Waals surface area contributed by atoms with Gasteiger partial charge in [0.15, 0.2) is 0 Å². The van der Waals surface area contributed by atoms with Crippen LogP contribution in [-0.4, -0.2) is 4.99 Å². The van der Waals surface area contributed by atoms with E-state index < -0.39 is 0 Å². The van der Waals surface area contributed by atoms with Crippen LogP contribution in [0.3, 0.4) is 0 Å². The highest BCUT2D eigenvalue weighted by Gasteiger charge is 1.99. The third-order valence-electron chi connectivity index (χ3n) is 0.844. The largest absolute Gasteiger partial charge is 0.388 e. The molecule has 0 radical (unpaired) electrons. The van der Waals surface area contributed by atoms with Gasteiger partial charge in [-0.15, -0.1) is 0 Å². The molecule has 2 nitrogen and oxygen atoms in total. The quantitative estimate of drug-likeness (QED) is 0.439. The van der Waals surface area contributed by atoms with Gasteiger partial charge in [0, 0.05) is 0 Å². The number of nitrogens with two attached hydrogens (primary N) is 1. The zero-order valence-electron chi connectivity index (χ0n) is 4.63. The molecule has 0 bridgehead atoms. The lowest BCUT2D eigenvalue weighted by Gasteiger charge is -2.07. The summed E-state index contributed by atoms with van der Waals surface area (Å²) in [5.41, 5.74) is 6.14. The van der Waals surface area contributed by atoms with E-state index in [4.69, 9.17) is 18.0 Å². The Morgan fingerprint density at radius 1 is 1.78 bits per heavy atom. The molecule has 0 amide bonds. The molecular weight excluding hydrogens is 152 g/mol. The predicted molar refractivity (Wildman–Crippen MR) is 44.7 cm³/mol. The van der Waals surface area contributed by atoms with E-state index in [0.29, 0.717) is 4.99 Å². The van der Waals surface area contributed by atoms with Crippen LogP contribution in [0.2, 0.25) is 0 Å². The lowest BCUT2D eigenvalue weighted by Crippen LogP contribution is -2.20. The van der Waals surface area contributed by atoms with Gasteiger partial charge in [0.1, 0.15) is 4.99 Å². The average Bonchev–Trinajstić information content (AvgIpc) is 1.90. The van der Waals surface area contributed by atoms with Crippen molar-refractivity contribution < 1.29 is 0 Å². The minimum absolute atomic E-state index is 0.409. The van der Waals surface area contributed by atoms with Crippen molar-refractivity contribution in [3.05, 3.63) is 23.3 Å². The smallest absolute Gasteiger partial charge is 0.121 e. The molecule has 0 fully saturated rings. The van der Waals surface area contributed by atoms with Crippen molar-refractivity contribution in [3.8, 4) is 0 Å². The zero-order chi connectivity index (χ0) is 6.69. The average molecular weight is 158 g/mol. The van der Waals surface area contributed by atoms with Crippen LogP contribution in [0, 0.1) is 0 Å². The van der Waals surface area contributed by atoms with Gasteiger partial charge in [0.2, 0.25) is 0 Å². The van der Waals surface area contributed by atoms with Gasteiger partial charge in [-0.25, -0.2) is 0 Å². The van der Waals surface area contributed by atoms with Crippen LogP contribution in [0.5, 0.6) is 0 Å². The van der Waals surface area contributed by atoms with Gasteiger partial charge in [0.05, 0.1) is 5.70 Å². The molecule has 9 heavy (non-hydrogen) atoms. The Balaban J connectivity index is 2.68. The second kappa shape index (κ2) is 2.89. The molecule has 0 spiro atoms. The highest BCUT2D eigenvalue weighted by molar-refractivity contribution is 8.00. The van der Waals surface area contributed by atoms with Crippen molar-refractivity contribution in [2.75, 3.05) is 0 Å². The maximum atomic E-state index is 5.32. The summed E-state index contributed by atoms with van der Waals surface area (Å²) < 4.78 is 2.94. The van der Waals surface area contributed by atoms with Crippen LogP contribution in [-0.2, 0) is 0 Å². The molecule has 1 aliphatic rings. The number of nitrogens with one attached hydrogen (secondary N) is 1. The molecule has 4 heteroatoms. The summed E-state index contributed by atoms with van der Waals surface area (Å²) in [6.07, 6.45) is 3.74. The zero-order valence-corrected chi connectivity index (χ0v) is 6.26. The van der Waals surface area contributed by atoms with E-state index in [9.17, 15) is 0 Å². The van der Waals surface area contributed by atoms with Crippen LogP contribution in [0.4, 0.5) is 0 Å². The fraction of sp³-hybridized carbons (Fsp3) is 0. The Labute approximate surface area is 63.3 Å². The standard InChI is InChI=1S/C5H6N2S2/c6-5(8)4-2-1-3-9-7-4/h1-3,7H,(H2,6,8). The van der Waals surface area contributed by atoms with Crippen molar-refractivity contribution in [1.82, 2.24) is 4.72 Å². The summed E-state index contributed by atoms with van der Waals surface area (Å²) in [4.78, 5) is 0.409. The first-order valence-corrected chi connectivity index (χ1v) is 3.68. The van der Waals surface area contributed by atoms with Gasteiger partial charge in [-0.1, -0.05) is 18.3 Å². The number of hydrogen-bond acceptors (Lipinski definition) is 3. The minimum Gasteiger partial charge on any atom is -0.388 e. The monoisotopic (exact) mass is 158 g/mol. The van der Waals surface area contributed by atoms with E-state index in [-0.39, 0.29) is 0 Å². The summed E-state index contributed by atoms with van der Waals surface area (Å²) in [6.45, 7) is 0. The molecule has 0 atom stereocenters. The van der Waals surface area contributed by atoms with Crippen molar-refractivity contribution >= 4 is 29.2 Å². The SMILES string of the molecule is NC(=S)C1=CC=CSN1. The normalized spacial score (nSPS) is 16.2. The van der Waals surface area contributed by atoms with Crippen LogP contribution < -0.4 is 10.5 Å². The fourth-order valence-electron chi connectivity index (χ4n) is 0.439. The van der Waals surface area contributed by atoms with E-state index in [1.807, 2.05) is 17.6 Å². The van der Waals surface area contributed by atoms with Crippen molar-refractivity contribution in [3.63, 3.8) is 0 Å². The summed E-state index contributed by atoms with van der Waals surface area (Å²) in [5.74, 6) is 0. The maximum Gasteiger partial charge on any atom is 0.121 e. The predicted octanol–water partition coefficient (Wildman–Crippen LogP) is 0.922. The molecule has 1 aliphatic heterocycles. The molecule has 0 aromatic carbocycles. The molecule has 1 heterocycles. The minimum atomic E-state index is 0.409. The highest BCUT2D eigenvalue weighted by atomic mass is 32.2. The Morgan fingerprint density at radius 3 is 2.89 bits per heavy atom. The topological polar surface area (TPSA) is 38.0 Å². The van der Waals surface area contributed by atoms with Crippen LogP contribution >= 0.6 is 24.2 Å². The van der Waals surface area contributed by atoms with Crippen molar-refractivity contribution in [1.29, 1.82) is 0 Å². The van der Waals surface area contributed by atoms with E-state index in [1.54, 1.807) is 0 Å². The lowest BCUT2D eigenvalue weighted by molar-refractivity contribution is 1.32. The summed E-state index contributed by atoms with van der Waals surface area (Å²) in [7, 11) is 0. The Bertz CT molecular complexity index is 183. The number of allylic oxidation sites excluding steroid dienone is 2. The van der Waals surface area contributed by atoms with Gasteiger partial charge in [0.25, 0.3) is 0 Å². The first kappa shape index (κ1) is 6.64. The molecule has 3 N–H and O–H groups in total. The lowest BCUT2D eigenvalue weighted by atomic mass is 10.4. The van der Waals surface area contributed by atoms with E-state index >= 15 is 0 Å². The molecule has 0 unspecified atom stereocenters. The molecule has 1 rings (SSSR count). The van der Waals surface area contributed by atoms with Gasteiger partial charge in [-0.3, -0.25) is 0 Å². The number of thiocarbonyl (C=S) groups is 1. The molecule has 0 aliphatic carbocycles. The number of rotatable bonds is 1. The number of hydrogen-bond donors (Lipinski definition) is 2. The van der Waals surface area contributed by atoms with E-state index in [1.165, 1.54) is 11.9 Å². The fourth-order valence-corrected chi connectivity index (χ4v) is 1.15. The van der Waals surface area contributed by atoms with Crippen molar-refractivity contribution in [2.45, 2.75) is 0 Å². The van der Waals surface area contributed by atoms with Gasteiger partial charge in [-0.05, 0) is 23.4 Å². The van der Waals surface area contributed by atoms with E-state index in [2.05, 4.69) is 4.72 Å². The summed E-state index contributed by atoms with van der Waals surface area (Å²) >= 11 is 6.18. The van der Waals surface area contributed by atoms with Gasteiger partial charge < -0.3 is 10.5 Å². The highest BCUT2D eigenvalue weighted by Crippen LogP contribution is 2.07. The van der Waals surface area contributed by atoms with E-state index in [0.717, 1.165) is 5.70 Å². The van der Waals surface area contributed by atoms with Gasteiger partial charge in [-0.2, -0.15) is 0 Å². The molecule has 0 aromatic rings. The Kier molecular flexibility index (Phi) is 2.13. The first-order valence-electron chi connectivity index (χ1n) is 2.39. The maximum absolute atomic E-state index is 5.32. The summed E-state index contributed by atoms with van der Waals surface area (Å²) in [5, 5.41) is 1.92. The molecule has 0 saturated heterocycles. The second-order valence-corrected chi connectivity index (χ2v) is 2.64. The Morgan fingerprint density at radius 2 is 2.56 bits per heavy atom.